The third kappa shape index (κ3) is 1.16. The minimum absolute atomic E-state index is 0.335. The van der Waals surface area contributed by atoms with Gasteiger partial charge >= 0.3 is 5.63 Å². The largest absolute Gasteiger partial charge is 0.411 e. The van der Waals surface area contributed by atoms with E-state index in [4.69, 9.17) is 5.26 Å². The Bertz CT molecular complexity index is 551. The summed E-state index contributed by atoms with van der Waals surface area (Å²) in [5.41, 5.74) is 0.491. The maximum absolute atomic E-state index is 11.1. The van der Waals surface area contributed by atoms with Gasteiger partial charge in [-0.05, 0) is 18.2 Å². The van der Waals surface area contributed by atoms with Crippen molar-refractivity contribution < 1.29 is 4.42 Å². The van der Waals surface area contributed by atoms with Crippen LogP contribution in [0.3, 0.4) is 0 Å². The lowest BCUT2D eigenvalue weighted by molar-refractivity contribution is 0.501. The zero-order valence-corrected chi connectivity index (χ0v) is 6.52. The minimum atomic E-state index is -0.470. The topological polar surface area (TPSA) is 66.9 Å². The van der Waals surface area contributed by atoms with Crippen molar-refractivity contribution in [3.63, 3.8) is 0 Å². The molecular formula is C9H4N2O2. The minimum Gasteiger partial charge on any atom is -0.411 e. The highest BCUT2D eigenvalue weighted by Gasteiger charge is 2.01. The van der Waals surface area contributed by atoms with Gasteiger partial charge in [0.15, 0.2) is 6.39 Å². The average Bonchev–Trinajstić information content (AvgIpc) is 2.18. The van der Waals surface area contributed by atoms with E-state index in [0.717, 1.165) is 6.39 Å². The normalized spacial score (nSPS) is 9.77. The van der Waals surface area contributed by atoms with Crippen LogP contribution >= 0.6 is 0 Å². The highest BCUT2D eigenvalue weighted by Crippen LogP contribution is 2.08. The fourth-order valence-electron chi connectivity index (χ4n) is 1.08. The molecule has 0 atom stereocenters. The molecule has 0 bridgehead atoms. The van der Waals surface area contributed by atoms with Crippen LogP contribution in [0.2, 0.25) is 0 Å². The van der Waals surface area contributed by atoms with E-state index in [1.807, 2.05) is 6.07 Å². The van der Waals surface area contributed by atoms with E-state index in [2.05, 4.69) is 9.40 Å². The number of hydrogen-bond donors (Lipinski definition) is 0. The van der Waals surface area contributed by atoms with E-state index in [0.29, 0.717) is 16.5 Å². The van der Waals surface area contributed by atoms with Gasteiger partial charge in [-0.15, -0.1) is 0 Å². The molecule has 0 aliphatic rings. The van der Waals surface area contributed by atoms with Crippen LogP contribution in [0.15, 0.2) is 33.8 Å². The van der Waals surface area contributed by atoms with Crippen LogP contribution in [0.25, 0.3) is 10.9 Å². The highest BCUT2D eigenvalue weighted by atomic mass is 16.4. The smallest absolute Gasteiger partial charge is 0.346 e. The van der Waals surface area contributed by atoms with E-state index in [1.54, 1.807) is 12.1 Å². The number of benzene rings is 1. The summed E-state index contributed by atoms with van der Waals surface area (Å²) < 4.78 is 4.56. The van der Waals surface area contributed by atoms with Crippen LogP contribution in [0.4, 0.5) is 0 Å². The second-order valence-electron chi connectivity index (χ2n) is 2.48. The molecule has 4 nitrogen and oxygen atoms in total. The lowest BCUT2D eigenvalue weighted by atomic mass is 10.2. The Morgan fingerprint density at radius 2 is 2.31 bits per heavy atom. The number of nitrogens with zero attached hydrogens (tertiary/aromatic N) is 2. The molecule has 0 aliphatic carbocycles. The molecule has 0 saturated heterocycles. The van der Waals surface area contributed by atoms with Gasteiger partial charge in [0.1, 0.15) is 0 Å². The van der Waals surface area contributed by atoms with Crippen LogP contribution < -0.4 is 5.63 Å². The summed E-state index contributed by atoms with van der Waals surface area (Å²) in [5.74, 6) is 0. The summed E-state index contributed by atoms with van der Waals surface area (Å²) in [6.07, 6.45) is 1.09. The van der Waals surface area contributed by atoms with E-state index >= 15 is 0 Å². The summed E-state index contributed by atoms with van der Waals surface area (Å²) in [6.45, 7) is 0. The van der Waals surface area contributed by atoms with Gasteiger partial charge in [0.05, 0.1) is 22.5 Å². The maximum Gasteiger partial charge on any atom is 0.346 e. The predicted molar refractivity (Wildman–Crippen MR) is 45.0 cm³/mol. The van der Waals surface area contributed by atoms with Gasteiger partial charge in [-0.2, -0.15) is 5.26 Å². The summed E-state index contributed by atoms with van der Waals surface area (Å²) in [7, 11) is 0. The number of rotatable bonds is 0. The zero-order valence-electron chi connectivity index (χ0n) is 6.52. The quantitative estimate of drug-likeness (QED) is 0.595. The summed E-state index contributed by atoms with van der Waals surface area (Å²) in [4.78, 5) is 15.0. The van der Waals surface area contributed by atoms with Gasteiger partial charge in [-0.3, -0.25) is 0 Å². The number of aromatic nitrogens is 1. The van der Waals surface area contributed by atoms with Crippen molar-refractivity contribution in [2.24, 2.45) is 0 Å². The van der Waals surface area contributed by atoms with Gasteiger partial charge in [0.25, 0.3) is 0 Å². The zero-order chi connectivity index (χ0) is 9.26. The van der Waals surface area contributed by atoms with E-state index in [9.17, 15) is 4.79 Å². The van der Waals surface area contributed by atoms with Crippen molar-refractivity contribution in [1.82, 2.24) is 4.98 Å². The SMILES string of the molecule is N#Cc1ccc2ncoc(=O)c2c1. The van der Waals surface area contributed by atoms with Crippen molar-refractivity contribution >= 4 is 10.9 Å². The monoisotopic (exact) mass is 172 g/mol. The summed E-state index contributed by atoms with van der Waals surface area (Å²) in [5, 5.41) is 8.92. The highest BCUT2D eigenvalue weighted by molar-refractivity contribution is 5.78. The maximum atomic E-state index is 11.1. The Kier molecular flexibility index (Phi) is 1.57. The lowest BCUT2D eigenvalue weighted by Crippen LogP contribution is -1.99. The Morgan fingerprint density at radius 3 is 3.08 bits per heavy atom. The second-order valence-corrected chi connectivity index (χ2v) is 2.48. The van der Waals surface area contributed by atoms with E-state index < -0.39 is 5.63 Å². The van der Waals surface area contributed by atoms with Gasteiger partial charge in [0, 0.05) is 0 Å². The molecular weight excluding hydrogens is 168 g/mol. The van der Waals surface area contributed by atoms with Gasteiger partial charge in [-0.1, -0.05) is 0 Å². The molecule has 62 valence electrons. The van der Waals surface area contributed by atoms with Crippen LogP contribution in [-0.4, -0.2) is 4.98 Å². The Hall–Kier alpha value is -2.15. The molecule has 0 amide bonds. The molecule has 0 unspecified atom stereocenters. The van der Waals surface area contributed by atoms with Crippen LogP contribution in [0.5, 0.6) is 0 Å². The third-order valence-electron chi connectivity index (χ3n) is 1.70. The molecule has 0 spiro atoms. The molecule has 13 heavy (non-hydrogen) atoms. The average molecular weight is 172 g/mol. The molecule has 1 aromatic carbocycles. The Labute approximate surface area is 73.1 Å². The molecule has 0 radical (unpaired) electrons. The summed E-state index contributed by atoms with van der Waals surface area (Å²) >= 11 is 0. The van der Waals surface area contributed by atoms with E-state index in [-0.39, 0.29) is 0 Å². The van der Waals surface area contributed by atoms with Crippen LogP contribution in [0.1, 0.15) is 5.56 Å². The standard InChI is InChI=1S/C9H4N2O2/c10-4-6-1-2-8-7(3-6)9(12)13-5-11-8/h1-3,5H. The molecule has 0 saturated carbocycles. The fourth-order valence-corrected chi connectivity index (χ4v) is 1.08. The fraction of sp³-hybridized carbons (Fsp3) is 0. The third-order valence-corrected chi connectivity index (χ3v) is 1.70. The number of hydrogen-bond acceptors (Lipinski definition) is 4. The van der Waals surface area contributed by atoms with Gasteiger partial charge in [-0.25, -0.2) is 9.78 Å². The molecule has 4 heteroatoms. The van der Waals surface area contributed by atoms with Crippen molar-refractivity contribution in [3.8, 4) is 6.07 Å². The van der Waals surface area contributed by atoms with Crippen LogP contribution in [-0.2, 0) is 0 Å². The predicted octanol–water partition coefficient (Wildman–Crippen LogP) is 1.06. The Morgan fingerprint density at radius 1 is 1.46 bits per heavy atom. The van der Waals surface area contributed by atoms with Crippen molar-refractivity contribution in [3.05, 3.63) is 40.6 Å². The molecule has 2 rings (SSSR count). The first-order valence-electron chi connectivity index (χ1n) is 3.59. The molecule has 1 aromatic heterocycles. The lowest BCUT2D eigenvalue weighted by Gasteiger charge is -1.93. The molecule has 0 fully saturated rings. The van der Waals surface area contributed by atoms with Crippen molar-refractivity contribution in [2.45, 2.75) is 0 Å². The number of nitriles is 1. The Balaban J connectivity index is 2.92. The van der Waals surface area contributed by atoms with Gasteiger partial charge in [0.2, 0.25) is 0 Å². The van der Waals surface area contributed by atoms with Crippen molar-refractivity contribution in [2.75, 3.05) is 0 Å². The summed E-state index contributed by atoms with van der Waals surface area (Å²) in [6, 6.07) is 6.63. The first-order valence-corrected chi connectivity index (χ1v) is 3.59. The van der Waals surface area contributed by atoms with E-state index in [1.165, 1.54) is 6.07 Å². The molecule has 0 aliphatic heterocycles. The first kappa shape index (κ1) is 7.50. The first-order chi connectivity index (χ1) is 6.31. The van der Waals surface area contributed by atoms with Crippen molar-refractivity contribution in [1.29, 1.82) is 5.26 Å². The van der Waals surface area contributed by atoms with Gasteiger partial charge < -0.3 is 4.42 Å². The van der Waals surface area contributed by atoms with Crippen LogP contribution in [0, 0.1) is 11.3 Å². The second kappa shape index (κ2) is 2.72. The molecule has 1 heterocycles. The number of fused-ring (bicyclic) bond motifs is 1. The molecule has 0 N–H and O–H groups in total. The molecule has 2 aromatic rings.